The second-order valence-corrected chi connectivity index (χ2v) is 6.29. The van der Waals surface area contributed by atoms with Crippen molar-refractivity contribution in [1.29, 1.82) is 0 Å². The summed E-state index contributed by atoms with van der Waals surface area (Å²) in [6, 6.07) is 10.4. The number of ketones is 1. The van der Waals surface area contributed by atoms with Crippen molar-refractivity contribution in [2.24, 2.45) is 0 Å². The standard InChI is InChI=1S/C22H26O8/c1-14(23)20(22(24)28-5)18-10-17(29-12-25-2)11-19(30-13-26-3)21(18)15-7-6-8-16(9-15)27-4/h6-11,20H,12-13H2,1-5H3. The van der Waals surface area contributed by atoms with E-state index >= 15 is 0 Å². The first-order valence-electron chi connectivity index (χ1n) is 9.10. The average Bonchev–Trinajstić information content (AvgIpc) is 2.75. The number of benzene rings is 2. The van der Waals surface area contributed by atoms with Gasteiger partial charge < -0.3 is 28.4 Å². The molecule has 30 heavy (non-hydrogen) atoms. The van der Waals surface area contributed by atoms with E-state index in [2.05, 4.69) is 0 Å². The van der Waals surface area contributed by atoms with Gasteiger partial charge in [-0.2, -0.15) is 0 Å². The quantitative estimate of drug-likeness (QED) is 0.312. The third-order valence-corrected chi connectivity index (χ3v) is 4.29. The fourth-order valence-corrected chi connectivity index (χ4v) is 3.00. The molecule has 0 radical (unpaired) electrons. The highest BCUT2D eigenvalue weighted by atomic mass is 16.7. The maximum atomic E-state index is 12.5. The van der Waals surface area contributed by atoms with Crippen molar-refractivity contribution in [3.05, 3.63) is 42.0 Å². The summed E-state index contributed by atoms with van der Waals surface area (Å²) in [6.07, 6.45) is 0. The first kappa shape index (κ1) is 23.2. The molecule has 162 valence electrons. The van der Waals surface area contributed by atoms with Crippen molar-refractivity contribution in [3.8, 4) is 28.4 Å². The van der Waals surface area contributed by atoms with E-state index in [0.29, 0.717) is 33.9 Å². The van der Waals surface area contributed by atoms with E-state index in [1.54, 1.807) is 37.4 Å². The molecule has 0 N–H and O–H groups in total. The molecule has 0 bridgehead atoms. The lowest BCUT2D eigenvalue weighted by Crippen LogP contribution is -2.22. The molecule has 1 unspecified atom stereocenters. The molecule has 0 heterocycles. The normalized spacial score (nSPS) is 11.5. The topological polar surface area (TPSA) is 89.5 Å². The van der Waals surface area contributed by atoms with Crippen LogP contribution in [-0.4, -0.2) is 53.8 Å². The summed E-state index contributed by atoms with van der Waals surface area (Å²) in [5.41, 5.74) is 1.59. The van der Waals surface area contributed by atoms with Gasteiger partial charge in [0.1, 0.15) is 28.9 Å². The molecule has 2 aromatic carbocycles. The summed E-state index contributed by atoms with van der Waals surface area (Å²) < 4.78 is 31.6. The number of rotatable bonds is 11. The smallest absolute Gasteiger partial charge is 0.320 e. The molecular formula is C22H26O8. The molecule has 2 rings (SSSR count). The van der Waals surface area contributed by atoms with Gasteiger partial charge in [0, 0.05) is 25.8 Å². The molecular weight excluding hydrogens is 392 g/mol. The lowest BCUT2D eigenvalue weighted by atomic mass is 9.87. The number of esters is 1. The van der Waals surface area contributed by atoms with E-state index in [-0.39, 0.29) is 19.4 Å². The zero-order chi connectivity index (χ0) is 22.1. The van der Waals surface area contributed by atoms with Crippen molar-refractivity contribution in [1.82, 2.24) is 0 Å². The van der Waals surface area contributed by atoms with Gasteiger partial charge in [0.05, 0.1) is 14.2 Å². The van der Waals surface area contributed by atoms with Crippen molar-refractivity contribution < 1.29 is 38.0 Å². The number of ether oxygens (including phenoxy) is 6. The van der Waals surface area contributed by atoms with Crippen molar-refractivity contribution in [2.75, 3.05) is 42.0 Å². The number of Topliss-reactive ketones (excluding diaryl/α,β-unsaturated/α-hetero) is 1. The maximum absolute atomic E-state index is 12.5. The molecule has 0 aliphatic rings. The van der Waals surface area contributed by atoms with Crippen LogP contribution in [0.15, 0.2) is 36.4 Å². The van der Waals surface area contributed by atoms with Crippen molar-refractivity contribution >= 4 is 11.8 Å². The fourth-order valence-electron chi connectivity index (χ4n) is 3.00. The molecule has 0 saturated carbocycles. The molecule has 0 saturated heterocycles. The summed E-state index contributed by atoms with van der Waals surface area (Å²) in [4.78, 5) is 25.0. The summed E-state index contributed by atoms with van der Waals surface area (Å²) in [7, 11) is 5.76. The van der Waals surface area contributed by atoms with Crippen LogP contribution in [0, 0.1) is 0 Å². The molecule has 8 heteroatoms. The minimum atomic E-state index is -1.17. The summed E-state index contributed by atoms with van der Waals surface area (Å²) in [5, 5.41) is 0. The highest BCUT2D eigenvalue weighted by Gasteiger charge is 2.31. The van der Waals surface area contributed by atoms with Crippen LogP contribution in [0.5, 0.6) is 17.2 Å². The molecule has 8 nitrogen and oxygen atoms in total. The van der Waals surface area contributed by atoms with Crippen LogP contribution in [0.3, 0.4) is 0 Å². The zero-order valence-corrected chi connectivity index (χ0v) is 17.7. The Morgan fingerprint density at radius 2 is 1.60 bits per heavy atom. The van der Waals surface area contributed by atoms with Crippen LogP contribution < -0.4 is 14.2 Å². The first-order chi connectivity index (χ1) is 14.5. The lowest BCUT2D eigenvalue weighted by Gasteiger charge is -2.21. The van der Waals surface area contributed by atoms with Crippen LogP contribution in [-0.2, 0) is 23.8 Å². The molecule has 0 fully saturated rings. The van der Waals surface area contributed by atoms with E-state index in [1.165, 1.54) is 28.3 Å². The van der Waals surface area contributed by atoms with E-state index in [9.17, 15) is 9.59 Å². The van der Waals surface area contributed by atoms with Gasteiger partial charge in [0.15, 0.2) is 13.6 Å². The molecule has 0 spiro atoms. The predicted octanol–water partition coefficient (Wildman–Crippen LogP) is 3.17. The highest BCUT2D eigenvalue weighted by molar-refractivity contribution is 6.05. The van der Waals surface area contributed by atoms with E-state index in [0.717, 1.165) is 0 Å². The molecule has 1 atom stereocenters. The maximum Gasteiger partial charge on any atom is 0.320 e. The zero-order valence-electron chi connectivity index (χ0n) is 17.7. The van der Waals surface area contributed by atoms with Gasteiger partial charge in [-0.3, -0.25) is 9.59 Å². The van der Waals surface area contributed by atoms with E-state index in [1.807, 2.05) is 6.07 Å². The molecule has 0 aliphatic carbocycles. The Labute approximate surface area is 175 Å². The number of carbonyl (C=O) groups excluding carboxylic acids is 2. The molecule has 0 aliphatic heterocycles. The largest absolute Gasteiger partial charge is 0.497 e. The van der Waals surface area contributed by atoms with Gasteiger partial charge in [-0.05, 0) is 36.2 Å². The molecule has 2 aromatic rings. The highest BCUT2D eigenvalue weighted by Crippen LogP contribution is 2.42. The van der Waals surface area contributed by atoms with Crippen molar-refractivity contribution in [3.63, 3.8) is 0 Å². The Hall–Kier alpha value is -3.10. The Kier molecular flexibility index (Phi) is 8.64. The minimum absolute atomic E-state index is 0.0232. The van der Waals surface area contributed by atoms with Crippen molar-refractivity contribution in [2.45, 2.75) is 12.8 Å². The third kappa shape index (κ3) is 5.49. The van der Waals surface area contributed by atoms with Gasteiger partial charge in [-0.25, -0.2) is 0 Å². The van der Waals surface area contributed by atoms with Gasteiger partial charge >= 0.3 is 5.97 Å². The first-order valence-corrected chi connectivity index (χ1v) is 9.10. The lowest BCUT2D eigenvalue weighted by molar-refractivity contribution is -0.145. The summed E-state index contributed by atoms with van der Waals surface area (Å²) in [6.45, 7) is 1.26. The Morgan fingerprint density at radius 1 is 0.900 bits per heavy atom. The van der Waals surface area contributed by atoms with Crippen LogP contribution in [0.1, 0.15) is 18.4 Å². The van der Waals surface area contributed by atoms with Crippen LogP contribution in [0.25, 0.3) is 11.1 Å². The number of methoxy groups -OCH3 is 4. The number of hydrogen-bond acceptors (Lipinski definition) is 8. The second-order valence-electron chi connectivity index (χ2n) is 6.29. The van der Waals surface area contributed by atoms with Gasteiger partial charge in [0.25, 0.3) is 0 Å². The Bertz CT molecular complexity index is 877. The number of hydrogen-bond donors (Lipinski definition) is 0. The molecule has 0 aromatic heterocycles. The number of carbonyl (C=O) groups is 2. The SMILES string of the molecule is COCOc1cc(OCOC)c(-c2cccc(OC)c2)c(C(C(C)=O)C(=O)OC)c1. The van der Waals surface area contributed by atoms with Crippen LogP contribution >= 0.6 is 0 Å². The Balaban J connectivity index is 2.81. The van der Waals surface area contributed by atoms with E-state index in [4.69, 9.17) is 28.4 Å². The van der Waals surface area contributed by atoms with Gasteiger partial charge in [-0.1, -0.05) is 12.1 Å². The van der Waals surface area contributed by atoms with Gasteiger partial charge in [0.2, 0.25) is 0 Å². The Morgan fingerprint density at radius 3 is 2.20 bits per heavy atom. The van der Waals surface area contributed by atoms with Crippen LogP contribution in [0.2, 0.25) is 0 Å². The third-order valence-electron chi connectivity index (χ3n) is 4.29. The summed E-state index contributed by atoms with van der Waals surface area (Å²) in [5.74, 6) is -0.912. The molecule has 0 amide bonds. The minimum Gasteiger partial charge on any atom is -0.497 e. The summed E-state index contributed by atoms with van der Waals surface area (Å²) >= 11 is 0. The predicted molar refractivity (Wildman–Crippen MR) is 109 cm³/mol. The second kappa shape index (κ2) is 11.2. The van der Waals surface area contributed by atoms with E-state index < -0.39 is 11.9 Å². The van der Waals surface area contributed by atoms with Crippen LogP contribution in [0.4, 0.5) is 0 Å². The fraction of sp³-hybridized carbons (Fsp3) is 0.364. The monoisotopic (exact) mass is 418 g/mol. The average molecular weight is 418 g/mol. The van der Waals surface area contributed by atoms with Gasteiger partial charge in [-0.15, -0.1) is 0 Å².